The maximum atomic E-state index is 12.2. The Hall–Kier alpha value is -1.34. The number of benzene rings is 1. The highest BCUT2D eigenvalue weighted by atomic mass is 32.1. The number of thiophene rings is 1. The molecule has 22 heavy (non-hydrogen) atoms. The van der Waals surface area contributed by atoms with Crippen LogP contribution >= 0.6 is 34.9 Å². The summed E-state index contributed by atoms with van der Waals surface area (Å²) in [5.41, 5.74) is 2.56. The standard InChI is InChI=1S/C16H14N2OS3/c19-15-13-11-6-7-18(8-10-4-2-1-3-5-10)9-12(11)21-14(13)17-16(20)22-15/h1-5H,6-9H2,(H,17,20). The van der Waals surface area contributed by atoms with E-state index in [1.54, 1.807) is 11.3 Å². The molecule has 1 aromatic carbocycles. The smallest absolute Gasteiger partial charge is 0.245 e. The molecule has 112 valence electrons. The predicted molar refractivity (Wildman–Crippen MR) is 95.4 cm³/mol. The predicted octanol–water partition coefficient (Wildman–Crippen LogP) is 3.94. The van der Waals surface area contributed by atoms with Gasteiger partial charge in [-0.15, -0.1) is 11.3 Å². The van der Waals surface area contributed by atoms with E-state index in [1.807, 2.05) is 6.07 Å². The van der Waals surface area contributed by atoms with Gasteiger partial charge in [0.15, 0.2) is 3.95 Å². The van der Waals surface area contributed by atoms with Gasteiger partial charge in [-0.2, -0.15) is 0 Å². The molecule has 1 aliphatic heterocycles. The van der Waals surface area contributed by atoms with E-state index >= 15 is 0 Å². The number of nitrogens with zero attached hydrogens (tertiary/aromatic N) is 1. The van der Waals surface area contributed by atoms with Crippen molar-refractivity contribution in [1.82, 2.24) is 9.88 Å². The third-order valence-corrected chi connectivity index (χ3v) is 6.15. The first-order valence-corrected chi connectivity index (χ1v) is 9.19. The van der Waals surface area contributed by atoms with Crippen LogP contribution in [-0.4, -0.2) is 16.4 Å². The third kappa shape index (κ3) is 2.56. The molecule has 0 fully saturated rings. The number of aromatic nitrogens is 1. The molecule has 4 rings (SSSR count). The van der Waals surface area contributed by atoms with E-state index in [2.05, 4.69) is 34.1 Å². The van der Waals surface area contributed by atoms with Crippen LogP contribution in [0.5, 0.6) is 0 Å². The quantitative estimate of drug-likeness (QED) is 0.714. The number of hydrogen-bond acceptors (Lipinski definition) is 5. The Bertz CT molecular complexity index is 939. The molecule has 0 bridgehead atoms. The highest BCUT2D eigenvalue weighted by Gasteiger charge is 2.22. The van der Waals surface area contributed by atoms with E-state index in [4.69, 9.17) is 12.2 Å². The molecule has 3 nitrogen and oxygen atoms in total. The minimum Gasteiger partial charge on any atom is -0.329 e. The maximum absolute atomic E-state index is 12.2. The Labute approximate surface area is 140 Å². The van der Waals surface area contributed by atoms with Crippen molar-refractivity contribution in [3.05, 3.63) is 59.8 Å². The molecule has 3 heterocycles. The van der Waals surface area contributed by atoms with Crippen LogP contribution in [0.3, 0.4) is 0 Å². The highest BCUT2D eigenvalue weighted by molar-refractivity contribution is 7.73. The van der Waals surface area contributed by atoms with Crippen LogP contribution in [-0.2, 0) is 19.5 Å². The molecule has 0 radical (unpaired) electrons. The normalized spacial score (nSPS) is 15.1. The molecule has 0 saturated carbocycles. The molecule has 1 N–H and O–H groups in total. The Morgan fingerprint density at radius 1 is 1.23 bits per heavy atom. The van der Waals surface area contributed by atoms with Crippen molar-refractivity contribution >= 4 is 45.1 Å². The zero-order chi connectivity index (χ0) is 15.1. The van der Waals surface area contributed by atoms with Gasteiger partial charge in [-0.05, 0) is 29.8 Å². The first-order valence-electron chi connectivity index (χ1n) is 7.14. The molecule has 0 amide bonds. The monoisotopic (exact) mass is 346 g/mol. The van der Waals surface area contributed by atoms with Crippen molar-refractivity contribution in [3.63, 3.8) is 0 Å². The zero-order valence-electron chi connectivity index (χ0n) is 11.8. The van der Waals surface area contributed by atoms with Crippen molar-refractivity contribution in [2.75, 3.05) is 6.54 Å². The molecule has 6 heteroatoms. The van der Waals surface area contributed by atoms with Crippen LogP contribution < -0.4 is 4.74 Å². The summed E-state index contributed by atoms with van der Waals surface area (Å²) in [4.78, 5) is 20.1. The summed E-state index contributed by atoms with van der Waals surface area (Å²) in [5, 5.41) is 0.873. The molecule has 0 saturated heterocycles. The molecule has 0 unspecified atom stereocenters. The largest absolute Gasteiger partial charge is 0.329 e. The minimum absolute atomic E-state index is 0.104. The van der Waals surface area contributed by atoms with Gasteiger partial charge in [-0.1, -0.05) is 41.7 Å². The van der Waals surface area contributed by atoms with Crippen molar-refractivity contribution in [1.29, 1.82) is 0 Å². The van der Waals surface area contributed by atoms with Gasteiger partial charge in [-0.25, -0.2) is 0 Å². The number of nitrogens with one attached hydrogen (secondary N) is 1. The first kappa shape index (κ1) is 14.3. The summed E-state index contributed by atoms with van der Waals surface area (Å²) in [6.45, 7) is 2.86. The molecular weight excluding hydrogens is 332 g/mol. The number of fused-ring (bicyclic) bond motifs is 3. The lowest BCUT2D eigenvalue weighted by Gasteiger charge is -2.26. The van der Waals surface area contributed by atoms with Crippen LogP contribution in [0.25, 0.3) is 10.2 Å². The van der Waals surface area contributed by atoms with Crippen molar-refractivity contribution < 1.29 is 0 Å². The lowest BCUT2D eigenvalue weighted by Crippen LogP contribution is -2.29. The van der Waals surface area contributed by atoms with E-state index in [1.165, 1.54) is 16.0 Å². The van der Waals surface area contributed by atoms with Gasteiger partial charge in [0.05, 0.1) is 5.39 Å². The fourth-order valence-corrected chi connectivity index (χ4v) is 5.45. The second-order valence-corrected chi connectivity index (χ2v) is 8.21. The lowest BCUT2D eigenvalue weighted by atomic mass is 10.1. The highest BCUT2D eigenvalue weighted by Crippen LogP contribution is 2.33. The Morgan fingerprint density at radius 3 is 2.86 bits per heavy atom. The van der Waals surface area contributed by atoms with Crippen LogP contribution in [0.2, 0.25) is 0 Å². The van der Waals surface area contributed by atoms with Crippen LogP contribution in [0, 0.1) is 3.95 Å². The van der Waals surface area contributed by atoms with Gasteiger partial charge in [-0.3, -0.25) is 9.69 Å². The summed E-state index contributed by atoms with van der Waals surface area (Å²) in [5.74, 6) is 0. The zero-order valence-corrected chi connectivity index (χ0v) is 14.2. The van der Waals surface area contributed by atoms with Gasteiger partial charge in [0, 0.05) is 24.5 Å². The van der Waals surface area contributed by atoms with Gasteiger partial charge in [0.25, 0.3) is 0 Å². The summed E-state index contributed by atoms with van der Waals surface area (Å²) in [6.07, 6.45) is 0.939. The van der Waals surface area contributed by atoms with Crippen molar-refractivity contribution in [3.8, 4) is 0 Å². The SMILES string of the molecule is O=c1sc(=S)[nH]c2sc3c(c12)CCN(Cc1ccccc1)C3. The minimum atomic E-state index is 0.104. The maximum Gasteiger partial charge on any atom is 0.245 e. The fraction of sp³-hybridized carbons (Fsp3) is 0.250. The van der Waals surface area contributed by atoms with Crippen LogP contribution in [0.4, 0.5) is 0 Å². The number of aromatic amines is 1. The molecule has 0 aliphatic carbocycles. The number of rotatable bonds is 2. The lowest BCUT2D eigenvalue weighted by molar-refractivity contribution is 0.249. The first-order chi connectivity index (χ1) is 10.7. The second-order valence-electron chi connectivity index (χ2n) is 5.46. The Balaban J connectivity index is 1.68. The molecule has 0 atom stereocenters. The van der Waals surface area contributed by atoms with Gasteiger partial charge in [0.2, 0.25) is 4.74 Å². The number of hydrogen-bond donors (Lipinski definition) is 1. The van der Waals surface area contributed by atoms with Gasteiger partial charge < -0.3 is 4.98 Å². The Morgan fingerprint density at radius 2 is 2.05 bits per heavy atom. The van der Waals surface area contributed by atoms with Crippen LogP contribution in [0.15, 0.2) is 35.1 Å². The summed E-state index contributed by atoms with van der Waals surface area (Å²) >= 11 is 7.96. The van der Waals surface area contributed by atoms with Crippen molar-refractivity contribution in [2.24, 2.45) is 0 Å². The Kier molecular flexibility index (Phi) is 3.69. The molecule has 0 spiro atoms. The summed E-state index contributed by atoms with van der Waals surface area (Å²) < 4.78 is 0.671. The summed E-state index contributed by atoms with van der Waals surface area (Å²) in [6, 6.07) is 10.5. The van der Waals surface area contributed by atoms with E-state index in [-0.39, 0.29) is 4.74 Å². The second kappa shape index (κ2) is 5.70. The average Bonchev–Trinajstić information content (AvgIpc) is 2.85. The molecule has 3 aromatic rings. The van der Waals surface area contributed by atoms with E-state index < -0.39 is 0 Å². The summed E-state index contributed by atoms with van der Waals surface area (Å²) in [7, 11) is 0. The third-order valence-electron chi connectivity index (χ3n) is 3.99. The molecule has 2 aromatic heterocycles. The van der Waals surface area contributed by atoms with E-state index in [9.17, 15) is 4.79 Å². The molecule has 1 aliphatic rings. The average molecular weight is 347 g/mol. The van der Waals surface area contributed by atoms with Gasteiger partial charge in [0.1, 0.15) is 4.83 Å². The van der Waals surface area contributed by atoms with Crippen molar-refractivity contribution in [2.45, 2.75) is 19.5 Å². The van der Waals surface area contributed by atoms with Crippen LogP contribution in [0.1, 0.15) is 16.0 Å². The van der Waals surface area contributed by atoms with Gasteiger partial charge >= 0.3 is 0 Å². The number of H-pyrrole nitrogens is 1. The topological polar surface area (TPSA) is 36.1 Å². The van der Waals surface area contributed by atoms with E-state index in [0.717, 1.165) is 47.6 Å². The fourth-order valence-electron chi connectivity index (χ4n) is 2.99. The molecular formula is C16H14N2OS3. The van der Waals surface area contributed by atoms with E-state index in [0.29, 0.717) is 3.95 Å².